The summed E-state index contributed by atoms with van der Waals surface area (Å²) in [7, 11) is 0. The fourth-order valence-corrected chi connectivity index (χ4v) is 2.35. The molecule has 0 heterocycles. The predicted octanol–water partition coefficient (Wildman–Crippen LogP) is 4.10. The van der Waals surface area contributed by atoms with Gasteiger partial charge in [0, 0.05) is 6.54 Å². The Hall–Kier alpha value is -2.19. The van der Waals surface area contributed by atoms with Crippen molar-refractivity contribution >= 4 is 10.8 Å². The Morgan fingerprint density at radius 2 is 1.63 bits per heavy atom. The van der Waals surface area contributed by atoms with Gasteiger partial charge in [0.15, 0.2) is 0 Å². The molecule has 3 aromatic carbocycles. The number of hydrogen-bond acceptors (Lipinski definition) is 1. The third kappa shape index (κ3) is 2.23. The highest BCUT2D eigenvalue weighted by molar-refractivity contribution is 5.87. The van der Waals surface area contributed by atoms with Gasteiger partial charge in [0.05, 0.1) is 0 Å². The van der Waals surface area contributed by atoms with Gasteiger partial charge in [0.25, 0.3) is 0 Å². The molecule has 0 aliphatic rings. The Balaban J connectivity index is 2.21. The molecule has 0 aromatic heterocycles. The van der Waals surface area contributed by atoms with Crippen LogP contribution >= 0.6 is 0 Å². The summed E-state index contributed by atoms with van der Waals surface area (Å²) in [6.07, 6.45) is 0. The summed E-state index contributed by atoms with van der Waals surface area (Å²) in [6, 6.07) is 19.0. The van der Waals surface area contributed by atoms with E-state index < -0.39 is 0 Å². The van der Waals surface area contributed by atoms with Crippen LogP contribution in [0.25, 0.3) is 21.9 Å². The summed E-state index contributed by atoms with van der Waals surface area (Å²) in [5.41, 5.74) is 8.55. The molecule has 0 aliphatic heterocycles. The fourth-order valence-electron chi connectivity index (χ4n) is 2.35. The molecule has 19 heavy (non-hydrogen) atoms. The number of rotatable bonds is 2. The first-order valence-electron chi connectivity index (χ1n) is 6.25. The van der Waals surface area contributed by atoms with E-state index in [0.717, 1.165) is 22.1 Å². The second-order valence-corrected chi connectivity index (χ2v) is 4.57. The van der Waals surface area contributed by atoms with Crippen LogP contribution < -0.4 is 5.73 Å². The average Bonchev–Trinajstić information content (AvgIpc) is 2.46. The van der Waals surface area contributed by atoms with E-state index in [0.29, 0.717) is 6.54 Å². The summed E-state index contributed by atoms with van der Waals surface area (Å²) in [5, 5.41) is 2.32. The lowest BCUT2D eigenvalue weighted by molar-refractivity contribution is 0.627. The summed E-state index contributed by atoms with van der Waals surface area (Å²) >= 11 is 0. The Morgan fingerprint density at radius 3 is 2.42 bits per heavy atom. The number of benzene rings is 3. The Morgan fingerprint density at radius 1 is 0.842 bits per heavy atom. The summed E-state index contributed by atoms with van der Waals surface area (Å²) in [5.74, 6) is -0.236. The zero-order valence-electron chi connectivity index (χ0n) is 10.4. The minimum absolute atomic E-state index is 0.236. The molecule has 1 nitrogen and oxygen atoms in total. The van der Waals surface area contributed by atoms with E-state index in [1.165, 1.54) is 11.5 Å². The maximum Gasteiger partial charge on any atom is 0.123 e. The Bertz CT molecular complexity index is 734. The zero-order valence-corrected chi connectivity index (χ0v) is 10.4. The predicted molar refractivity (Wildman–Crippen MR) is 77.2 cm³/mol. The molecular weight excluding hydrogens is 237 g/mol. The van der Waals surface area contributed by atoms with Gasteiger partial charge in [0.1, 0.15) is 5.82 Å². The van der Waals surface area contributed by atoms with Crippen LogP contribution in [0.15, 0.2) is 60.7 Å². The van der Waals surface area contributed by atoms with E-state index in [1.54, 1.807) is 12.1 Å². The van der Waals surface area contributed by atoms with Crippen molar-refractivity contribution in [3.63, 3.8) is 0 Å². The molecule has 3 aromatic rings. The van der Waals surface area contributed by atoms with Crippen molar-refractivity contribution in [1.29, 1.82) is 0 Å². The van der Waals surface area contributed by atoms with Crippen LogP contribution in [0.1, 0.15) is 5.56 Å². The summed E-state index contributed by atoms with van der Waals surface area (Å²) in [6.45, 7) is 0.405. The maximum absolute atomic E-state index is 13.4. The molecule has 0 fully saturated rings. The number of fused-ring (bicyclic) bond motifs is 1. The first-order chi connectivity index (χ1) is 9.28. The molecule has 0 saturated carbocycles. The van der Waals surface area contributed by atoms with E-state index in [4.69, 9.17) is 5.73 Å². The van der Waals surface area contributed by atoms with Crippen molar-refractivity contribution < 1.29 is 4.39 Å². The van der Waals surface area contributed by atoms with E-state index in [9.17, 15) is 4.39 Å². The molecule has 0 spiro atoms. The third-order valence-electron chi connectivity index (χ3n) is 3.35. The van der Waals surface area contributed by atoms with Crippen LogP contribution in [-0.2, 0) is 6.54 Å². The van der Waals surface area contributed by atoms with Crippen LogP contribution in [0.2, 0.25) is 0 Å². The lowest BCUT2D eigenvalue weighted by atomic mass is 9.97. The van der Waals surface area contributed by atoms with Crippen molar-refractivity contribution in [2.75, 3.05) is 0 Å². The van der Waals surface area contributed by atoms with Crippen molar-refractivity contribution in [3.05, 3.63) is 72.0 Å². The molecule has 0 saturated heterocycles. The van der Waals surface area contributed by atoms with Gasteiger partial charge < -0.3 is 5.73 Å². The lowest BCUT2D eigenvalue weighted by Gasteiger charge is -2.09. The SMILES string of the molecule is NCc1ccc(F)cc1-c1ccc2ccccc2c1. The maximum atomic E-state index is 13.4. The topological polar surface area (TPSA) is 26.0 Å². The molecule has 2 heteroatoms. The van der Waals surface area contributed by atoms with Gasteiger partial charge >= 0.3 is 0 Å². The second-order valence-electron chi connectivity index (χ2n) is 4.57. The molecule has 94 valence electrons. The molecule has 0 aliphatic carbocycles. The van der Waals surface area contributed by atoms with Gasteiger partial charge in [-0.15, -0.1) is 0 Å². The summed E-state index contributed by atoms with van der Waals surface area (Å²) in [4.78, 5) is 0. The monoisotopic (exact) mass is 251 g/mol. The fraction of sp³-hybridized carbons (Fsp3) is 0.0588. The van der Waals surface area contributed by atoms with Gasteiger partial charge in [-0.05, 0) is 45.7 Å². The zero-order chi connectivity index (χ0) is 13.2. The second kappa shape index (κ2) is 4.82. The summed E-state index contributed by atoms with van der Waals surface area (Å²) < 4.78 is 13.4. The highest BCUT2D eigenvalue weighted by atomic mass is 19.1. The van der Waals surface area contributed by atoms with Gasteiger partial charge in [-0.1, -0.05) is 42.5 Å². The third-order valence-corrected chi connectivity index (χ3v) is 3.35. The number of hydrogen-bond donors (Lipinski definition) is 1. The quantitative estimate of drug-likeness (QED) is 0.729. The minimum atomic E-state index is -0.236. The molecule has 3 rings (SSSR count). The highest BCUT2D eigenvalue weighted by Crippen LogP contribution is 2.27. The van der Waals surface area contributed by atoms with Gasteiger partial charge in [-0.3, -0.25) is 0 Å². The van der Waals surface area contributed by atoms with E-state index >= 15 is 0 Å². The van der Waals surface area contributed by atoms with Crippen molar-refractivity contribution in [2.24, 2.45) is 5.73 Å². The smallest absolute Gasteiger partial charge is 0.123 e. The Labute approximate surface area is 111 Å². The van der Waals surface area contributed by atoms with E-state index in [2.05, 4.69) is 24.3 Å². The molecule has 2 N–H and O–H groups in total. The van der Waals surface area contributed by atoms with Crippen LogP contribution in [0.3, 0.4) is 0 Å². The molecule has 0 radical (unpaired) electrons. The van der Waals surface area contributed by atoms with Crippen LogP contribution in [0.5, 0.6) is 0 Å². The largest absolute Gasteiger partial charge is 0.326 e. The van der Waals surface area contributed by atoms with Gasteiger partial charge in [-0.25, -0.2) is 4.39 Å². The van der Waals surface area contributed by atoms with E-state index in [1.807, 2.05) is 18.2 Å². The van der Waals surface area contributed by atoms with Crippen molar-refractivity contribution in [1.82, 2.24) is 0 Å². The molecule has 0 unspecified atom stereocenters. The minimum Gasteiger partial charge on any atom is -0.326 e. The Kier molecular flexibility index (Phi) is 3.02. The normalized spacial score (nSPS) is 10.8. The standard InChI is InChI=1S/C17H14FN/c18-16-8-7-15(11-19)17(10-16)14-6-5-12-3-1-2-4-13(12)9-14/h1-10H,11,19H2. The first-order valence-corrected chi connectivity index (χ1v) is 6.25. The number of nitrogens with two attached hydrogens (primary N) is 1. The molecule has 0 atom stereocenters. The van der Waals surface area contributed by atoms with Crippen molar-refractivity contribution in [2.45, 2.75) is 6.54 Å². The van der Waals surface area contributed by atoms with Crippen LogP contribution in [-0.4, -0.2) is 0 Å². The first kappa shape index (κ1) is 11.9. The lowest BCUT2D eigenvalue weighted by Crippen LogP contribution is -1.99. The van der Waals surface area contributed by atoms with Gasteiger partial charge in [0.2, 0.25) is 0 Å². The highest BCUT2D eigenvalue weighted by Gasteiger charge is 2.06. The van der Waals surface area contributed by atoms with Crippen molar-refractivity contribution in [3.8, 4) is 11.1 Å². The number of halogens is 1. The molecular formula is C17H14FN. The van der Waals surface area contributed by atoms with E-state index in [-0.39, 0.29) is 5.82 Å². The molecule has 0 amide bonds. The van der Waals surface area contributed by atoms with Crippen LogP contribution in [0.4, 0.5) is 4.39 Å². The van der Waals surface area contributed by atoms with Crippen LogP contribution in [0, 0.1) is 5.82 Å². The molecule has 0 bridgehead atoms. The van der Waals surface area contributed by atoms with Gasteiger partial charge in [-0.2, -0.15) is 0 Å². The average molecular weight is 251 g/mol.